The maximum atomic E-state index is 13.2. The molecule has 26 N–H and O–H groups in total. The van der Waals surface area contributed by atoms with Crippen LogP contribution in [0, 0.1) is 142 Å². The molecule has 8 saturated carbocycles. The summed E-state index contributed by atoms with van der Waals surface area (Å²) in [5.41, 5.74) is 13.8. The summed E-state index contributed by atoms with van der Waals surface area (Å²) in [7, 11) is 0. The smallest absolute Gasteiger partial charge is 0.550 e. The molecule has 18 aliphatic rings. The maximum Gasteiger partial charge on any atom is 2.00 e. The summed E-state index contributed by atoms with van der Waals surface area (Å²) < 4.78 is 0. The zero-order chi connectivity index (χ0) is 73.7. The largest absolute Gasteiger partial charge is 2.00 e. The average Bonchev–Trinajstić information content (AvgIpc) is 1.68. The Hall–Kier alpha value is -4.45. The van der Waals surface area contributed by atoms with Crippen LogP contribution in [0.5, 0.6) is 0 Å². The van der Waals surface area contributed by atoms with E-state index < -0.39 is 156 Å². The van der Waals surface area contributed by atoms with E-state index in [0.717, 1.165) is 116 Å². The van der Waals surface area contributed by atoms with Crippen molar-refractivity contribution in [2.75, 3.05) is 0 Å². The Kier molecular flexibility index (Phi) is 21.8. The van der Waals surface area contributed by atoms with Gasteiger partial charge in [0.25, 0.3) is 0 Å². The fourth-order valence-corrected chi connectivity index (χ4v) is 27.1. The van der Waals surface area contributed by atoms with Crippen molar-refractivity contribution in [3.63, 3.8) is 0 Å². The SMILES string of the molecule is NC1CCCC2C3NC4NC(NC5NC(NC6NC(NC(N3)C12)C1C(C(=O)O)C(C(=O)O)C(C(=O)O)C(C(=O)[O-])C61)C1CCCCC51)C1CCCCC41.NC1CCCC2C3NC4NC(NC5NC(NC6NC(NC(N3)C12)C1C(C(=O)O)C(C(=O)O)C(C(=O)O)C(C(=O)[O-])C61)C1CCCCC51)C1CCCCC41.[Co+2]. The Morgan fingerprint density at radius 3 is 0.579 bits per heavy atom. The molecule has 42 unspecified atom stereocenters. The number of rotatable bonds is 8. The predicted molar refractivity (Wildman–Crippen MR) is 368 cm³/mol. The van der Waals surface area contributed by atoms with Crippen LogP contribution in [0.15, 0.2) is 0 Å². The van der Waals surface area contributed by atoms with Crippen LogP contribution in [0.2, 0.25) is 0 Å². The predicted octanol–water partition coefficient (Wildman–Crippen LogP) is -5.10. The monoisotopic (exact) mass is 1540 g/mol. The Morgan fingerprint density at radius 1 is 0.215 bits per heavy atom. The summed E-state index contributed by atoms with van der Waals surface area (Å²) in [5, 5.41) is 150. The standard InChI is InChI=1S/2C36H57N9O8.Co/c2*37-17-11-5-10-16-18(17)30-43-29(16)41-27-13-7-2-1-6-12(13)25(39-27)38-26-14-8-3-4-9-15(14)28(40-26)42-31-19-20(32(44-30)45-31)22(34(48)49)24(36(52)53)23(35(50)51)21(19)33(46)47;/h2*12-32,38-45H,1-11,37H2,(H,46,47)(H,48,49)(H,50,51)(H,52,53);/q;;+2/p-2. The molecule has 0 aromatic carbocycles. The van der Waals surface area contributed by atoms with Crippen molar-refractivity contribution in [2.45, 2.75) is 252 Å². The Balaban J connectivity index is 0.000000162. The Labute approximate surface area is 631 Å². The van der Waals surface area contributed by atoms with Gasteiger partial charge in [0.15, 0.2) is 0 Å². The number of hydrogen-bond donors (Lipinski definition) is 24. The van der Waals surface area contributed by atoms with Crippen LogP contribution in [0.1, 0.15) is 141 Å². The number of carbonyl (C=O) groups excluding carboxylic acids is 2. The molecule has 16 bridgehead atoms. The number of fused-ring (bicyclic) bond motifs is 40. The summed E-state index contributed by atoms with van der Waals surface area (Å²) in [5.74, 6) is -29.3. The fourth-order valence-electron chi connectivity index (χ4n) is 27.1. The minimum absolute atomic E-state index is 0. The van der Waals surface area contributed by atoms with Gasteiger partial charge in [-0.2, -0.15) is 0 Å². The first kappa shape index (κ1) is 76.5. The van der Waals surface area contributed by atoms with Crippen LogP contribution in [0.4, 0.5) is 0 Å². The molecule has 42 atom stereocenters. The van der Waals surface area contributed by atoms with E-state index in [4.69, 9.17) is 11.5 Å². The van der Waals surface area contributed by atoms with Crippen LogP contribution in [0.25, 0.3) is 0 Å². The van der Waals surface area contributed by atoms with Gasteiger partial charge in [-0.15, -0.1) is 0 Å². The molecule has 1 radical (unpaired) electrons. The summed E-state index contributed by atoms with van der Waals surface area (Å²) in [4.78, 5) is 104. The second kappa shape index (κ2) is 30.5. The minimum Gasteiger partial charge on any atom is -0.550 e. The van der Waals surface area contributed by atoms with Crippen molar-refractivity contribution >= 4 is 47.8 Å². The van der Waals surface area contributed by atoms with Crippen molar-refractivity contribution in [2.24, 2.45) is 153 Å². The first-order valence-electron chi connectivity index (χ1n) is 40.5. The molecular weight excluding hydrogens is 1430 g/mol. The van der Waals surface area contributed by atoms with Crippen molar-refractivity contribution in [1.29, 1.82) is 0 Å². The van der Waals surface area contributed by atoms with Gasteiger partial charge in [-0.25, -0.2) is 0 Å². The van der Waals surface area contributed by atoms with Crippen LogP contribution in [-0.2, 0) is 55.1 Å². The fraction of sp³-hybridized carbons (Fsp3) is 0.889. The van der Waals surface area contributed by atoms with Crippen LogP contribution >= 0.6 is 0 Å². The summed E-state index contributed by atoms with van der Waals surface area (Å²) in [6, 6.07) is -0.313. The van der Waals surface area contributed by atoms with E-state index in [2.05, 4.69) is 85.1 Å². The van der Waals surface area contributed by atoms with E-state index in [1.54, 1.807) is 0 Å². The van der Waals surface area contributed by atoms with Crippen molar-refractivity contribution in [1.82, 2.24) is 85.1 Å². The van der Waals surface area contributed by atoms with Gasteiger partial charge in [-0.05, 0) is 136 Å². The number of nitrogens with two attached hydrogens (primary N) is 2. The van der Waals surface area contributed by atoms with Gasteiger partial charge >= 0.3 is 52.6 Å². The molecule has 0 aromatic rings. The van der Waals surface area contributed by atoms with Gasteiger partial charge in [0.2, 0.25) is 0 Å². The molecule has 34 nitrogen and oxygen atoms in total. The molecule has 18 fully saturated rings. The van der Waals surface area contributed by atoms with Gasteiger partial charge < -0.3 is 61.9 Å². The van der Waals surface area contributed by atoms with Crippen LogP contribution in [0.3, 0.4) is 0 Å². The second-order valence-corrected chi connectivity index (χ2v) is 35.6. The second-order valence-electron chi connectivity index (χ2n) is 35.6. The molecule has 8 aliphatic carbocycles. The van der Waals surface area contributed by atoms with E-state index in [9.17, 15) is 79.2 Å². The topological polar surface area (TPSA) is 549 Å². The molecule has 0 amide bonds. The van der Waals surface area contributed by atoms with Gasteiger partial charge in [-0.3, -0.25) is 114 Å². The van der Waals surface area contributed by atoms with E-state index in [1.807, 2.05) is 0 Å². The first-order valence-corrected chi connectivity index (χ1v) is 40.5. The molecule has 35 heteroatoms. The van der Waals surface area contributed by atoms with E-state index >= 15 is 0 Å². The van der Waals surface area contributed by atoms with Gasteiger partial charge in [-0.1, -0.05) is 64.2 Å². The van der Waals surface area contributed by atoms with E-state index in [-0.39, 0.29) is 126 Å². The maximum absolute atomic E-state index is 13.2. The average molecular weight is 1540 g/mol. The minimum atomic E-state index is -2.01. The molecule has 595 valence electrons. The third kappa shape index (κ3) is 13.3. The molecule has 107 heavy (non-hydrogen) atoms. The molecule has 10 saturated heterocycles. The molecule has 18 rings (SSSR count). The molecule has 10 heterocycles. The molecule has 0 spiro atoms. The number of carboxylic acid groups (broad SMARTS) is 8. The zero-order valence-corrected chi connectivity index (χ0v) is 61.1. The first-order chi connectivity index (χ1) is 51.0. The van der Waals surface area contributed by atoms with E-state index in [0.29, 0.717) is 35.5 Å². The Morgan fingerprint density at radius 2 is 0.374 bits per heavy atom. The van der Waals surface area contributed by atoms with Crippen molar-refractivity contribution in [3.8, 4) is 0 Å². The van der Waals surface area contributed by atoms with Crippen LogP contribution in [-0.4, -0.2) is 189 Å². The Bertz CT molecular complexity index is 3170. The van der Waals surface area contributed by atoms with Gasteiger partial charge in [0.1, 0.15) is 0 Å². The third-order valence-electron chi connectivity index (χ3n) is 31.1. The molecule has 10 aliphatic heterocycles. The third-order valence-corrected chi connectivity index (χ3v) is 31.1. The normalized spacial score (nSPS) is 52.6. The van der Waals surface area contributed by atoms with Crippen LogP contribution < -0.4 is 107 Å². The number of carbonyl (C=O) groups is 8. The van der Waals surface area contributed by atoms with Gasteiger partial charge in [0, 0.05) is 71.4 Å². The van der Waals surface area contributed by atoms with Crippen molar-refractivity contribution < 1.29 is 96.0 Å². The number of aliphatic carboxylic acids is 8. The number of nitrogens with one attached hydrogen (secondary N) is 16. The summed E-state index contributed by atoms with van der Waals surface area (Å²) >= 11 is 0. The number of hydrogen-bond acceptors (Lipinski definition) is 28. The van der Waals surface area contributed by atoms with E-state index in [1.165, 1.54) is 25.7 Å². The summed E-state index contributed by atoms with van der Waals surface area (Å²) in [6.07, 6.45) is 18.1. The summed E-state index contributed by atoms with van der Waals surface area (Å²) in [6.45, 7) is 0. The molecule has 0 aromatic heterocycles. The number of carboxylic acids is 8. The quantitative estimate of drug-likeness (QED) is 0.108. The zero-order valence-electron chi connectivity index (χ0n) is 60.1. The molecular formula is C72H112CoN18O16. The van der Waals surface area contributed by atoms with Gasteiger partial charge in [0.05, 0.1) is 134 Å². The van der Waals surface area contributed by atoms with Crippen molar-refractivity contribution in [3.05, 3.63) is 0 Å².